The summed E-state index contributed by atoms with van der Waals surface area (Å²) in [4.78, 5) is 24.4. The van der Waals surface area contributed by atoms with Gasteiger partial charge in [0.05, 0.1) is 6.61 Å². The Balaban J connectivity index is 3.63. The summed E-state index contributed by atoms with van der Waals surface area (Å²) in [6.07, 6.45) is 78.6. The zero-order chi connectivity index (χ0) is 46.3. The zero-order valence-electron chi connectivity index (χ0n) is 41.2. The first-order valence-electron chi connectivity index (χ1n) is 26.1. The predicted molar refractivity (Wildman–Crippen MR) is 278 cm³/mol. The molecule has 0 amide bonds. The molecule has 0 spiro atoms. The lowest BCUT2D eigenvalue weighted by molar-refractivity contribution is -0.161. The highest BCUT2D eigenvalue weighted by Crippen LogP contribution is 2.13. The van der Waals surface area contributed by atoms with E-state index >= 15 is 0 Å². The van der Waals surface area contributed by atoms with E-state index in [0.29, 0.717) is 12.8 Å². The summed E-state index contributed by atoms with van der Waals surface area (Å²) in [6.45, 7) is 4.00. The Kier molecular flexibility index (Phi) is 50.5. The van der Waals surface area contributed by atoms with Crippen molar-refractivity contribution in [3.63, 3.8) is 0 Å². The number of esters is 2. The van der Waals surface area contributed by atoms with Gasteiger partial charge in [0.1, 0.15) is 6.61 Å². The molecule has 1 N–H and O–H groups in total. The molecule has 0 aromatic rings. The molecule has 1 unspecified atom stereocenters. The van der Waals surface area contributed by atoms with Gasteiger partial charge >= 0.3 is 11.9 Å². The second-order valence-corrected chi connectivity index (χ2v) is 16.9. The molecule has 0 aliphatic rings. The molecule has 64 heavy (non-hydrogen) atoms. The van der Waals surface area contributed by atoms with Gasteiger partial charge in [0.2, 0.25) is 0 Å². The van der Waals surface area contributed by atoms with E-state index in [0.717, 1.165) is 109 Å². The summed E-state index contributed by atoms with van der Waals surface area (Å²) < 4.78 is 10.6. The highest BCUT2D eigenvalue weighted by molar-refractivity contribution is 5.70. The fourth-order valence-electron chi connectivity index (χ4n) is 6.84. The molecular formula is C59H96O5. The van der Waals surface area contributed by atoms with Crippen LogP contribution in [-0.4, -0.2) is 36.4 Å². The van der Waals surface area contributed by atoms with Crippen molar-refractivity contribution in [2.75, 3.05) is 13.2 Å². The third-order valence-corrected chi connectivity index (χ3v) is 10.7. The third kappa shape index (κ3) is 50.9. The minimum absolute atomic E-state index is 0.0809. The van der Waals surface area contributed by atoms with E-state index in [1.54, 1.807) is 0 Å². The summed E-state index contributed by atoms with van der Waals surface area (Å²) in [6, 6.07) is 0. The van der Waals surface area contributed by atoms with Crippen molar-refractivity contribution >= 4 is 11.9 Å². The Morgan fingerprint density at radius 2 is 0.672 bits per heavy atom. The van der Waals surface area contributed by atoms with E-state index in [1.165, 1.54) is 83.5 Å². The first-order chi connectivity index (χ1) is 31.6. The maximum atomic E-state index is 12.3. The molecule has 0 rings (SSSR count). The minimum Gasteiger partial charge on any atom is -0.462 e. The highest BCUT2D eigenvalue weighted by atomic mass is 16.6. The lowest BCUT2D eigenvalue weighted by Gasteiger charge is -2.15. The minimum atomic E-state index is -0.789. The fourth-order valence-corrected chi connectivity index (χ4v) is 6.84. The molecular weight excluding hydrogens is 789 g/mol. The van der Waals surface area contributed by atoms with Crippen molar-refractivity contribution in [3.8, 4) is 0 Å². The van der Waals surface area contributed by atoms with Crippen LogP contribution >= 0.6 is 0 Å². The van der Waals surface area contributed by atoms with Crippen molar-refractivity contribution in [2.45, 2.75) is 225 Å². The molecule has 0 radical (unpaired) electrons. The molecule has 0 aromatic carbocycles. The van der Waals surface area contributed by atoms with Gasteiger partial charge in [-0.15, -0.1) is 0 Å². The van der Waals surface area contributed by atoms with Crippen LogP contribution in [0.4, 0.5) is 0 Å². The van der Waals surface area contributed by atoms with E-state index in [9.17, 15) is 14.7 Å². The summed E-state index contributed by atoms with van der Waals surface area (Å²) in [7, 11) is 0. The van der Waals surface area contributed by atoms with Crippen LogP contribution in [0.3, 0.4) is 0 Å². The Labute approximate surface area is 394 Å². The van der Waals surface area contributed by atoms with Crippen molar-refractivity contribution < 1.29 is 24.2 Å². The molecule has 1 atom stereocenters. The van der Waals surface area contributed by atoms with Gasteiger partial charge in [-0.25, -0.2) is 0 Å². The normalized spacial score (nSPS) is 13.2. The number of unbranched alkanes of at least 4 members (excludes halogenated alkanes) is 18. The van der Waals surface area contributed by atoms with Crippen LogP contribution in [0.2, 0.25) is 0 Å². The summed E-state index contributed by atoms with van der Waals surface area (Å²) >= 11 is 0. The Hall–Kier alpha value is -3.70. The van der Waals surface area contributed by atoms with Gasteiger partial charge in [-0.2, -0.15) is 0 Å². The first kappa shape index (κ1) is 60.3. The molecule has 0 bridgehead atoms. The van der Waals surface area contributed by atoms with E-state index < -0.39 is 6.10 Å². The van der Waals surface area contributed by atoms with Crippen LogP contribution in [-0.2, 0) is 19.1 Å². The SMILES string of the molecule is CC/C=C\C/C=C\C/C=C\C/C=C\C/C=C\C/C=C\C/C=C\C/C=C\C/C=C\CCCCCCCCCC(=O)OC(CO)COC(=O)CCCCCCC/C=C\CCCCCCCC. The third-order valence-electron chi connectivity index (χ3n) is 10.7. The van der Waals surface area contributed by atoms with Crippen LogP contribution in [0, 0.1) is 0 Å². The number of ether oxygens (including phenoxy) is 2. The van der Waals surface area contributed by atoms with Gasteiger partial charge in [-0.1, -0.05) is 219 Å². The monoisotopic (exact) mass is 885 g/mol. The van der Waals surface area contributed by atoms with Crippen LogP contribution in [0.15, 0.2) is 122 Å². The molecule has 0 aliphatic heterocycles. The summed E-state index contributed by atoms with van der Waals surface area (Å²) in [5.74, 6) is -0.620. The van der Waals surface area contributed by atoms with Crippen molar-refractivity contribution in [2.24, 2.45) is 0 Å². The number of rotatable bonds is 46. The summed E-state index contributed by atoms with van der Waals surface area (Å²) in [5, 5.41) is 9.61. The number of aliphatic hydroxyl groups is 1. The average Bonchev–Trinajstić information content (AvgIpc) is 3.30. The van der Waals surface area contributed by atoms with E-state index in [1.807, 2.05) is 0 Å². The predicted octanol–water partition coefficient (Wildman–Crippen LogP) is 17.5. The van der Waals surface area contributed by atoms with Crippen molar-refractivity contribution in [1.29, 1.82) is 0 Å². The number of hydrogen-bond donors (Lipinski definition) is 1. The van der Waals surface area contributed by atoms with Crippen molar-refractivity contribution in [1.82, 2.24) is 0 Å². The smallest absolute Gasteiger partial charge is 0.306 e. The molecule has 362 valence electrons. The second-order valence-electron chi connectivity index (χ2n) is 16.9. The van der Waals surface area contributed by atoms with Crippen LogP contribution in [0.5, 0.6) is 0 Å². The average molecular weight is 885 g/mol. The van der Waals surface area contributed by atoms with Crippen LogP contribution in [0.1, 0.15) is 219 Å². The molecule has 0 heterocycles. The van der Waals surface area contributed by atoms with Gasteiger partial charge < -0.3 is 14.6 Å². The Bertz CT molecular complexity index is 1320. The zero-order valence-corrected chi connectivity index (χ0v) is 41.2. The maximum Gasteiger partial charge on any atom is 0.306 e. The molecule has 0 fully saturated rings. The maximum absolute atomic E-state index is 12.3. The van der Waals surface area contributed by atoms with E-state index in [4.69, 9.17) is 9.47 Å². The van der Waals surface area contributed by atoms with E-state index in [2.05, 4.69) is 135 Å². The van der Waals surface area contributed by atoms with Gasteiger partial charge in [0.15, 0.2) is 6.10 Å². The number of carbonyl (C=O) groups excluding carboxylic acids is 2. The largest absolute Gasteiger partial charge is 0.462 e. The number of hydrogen-bond acceptors (Lipinski definition) is 5. The molecule has 0 aliphatic carbocycles. The van der Waals surface area contributed by atoms with Crippen LogP contribution < -0.4 is 0 Å². The molecule has 0 saturated heterocycles. The topological polar surface area (TPSA) is 72.8 Å². The Morgan fingerprint density at radius 3 is 1.03 bits per heavy atom. The highest BCUT2D eigenvalue weighted by Gasteiger charge is 2.16. The second kappa shape index (κ2) is 53.6. The number of allylic oxidation sites excluding steroid dienone is 20. The fraction of sp³-hybridized carbons (Fsp3) is 0.627. The van der Waals surface area contributed by atoms with Gasteiger partial charge in [-0.05, 0) is 109 Å². The first-order valence-corrected chi connectivity index (χ1v) is 26.1. The van der Waals surface area contributed by atoms with Gasteiger partial charge in [0, 0.05) is 12.8 Å². The van der Waals surface area contributed by atoms with Gasteiger partial charge in [-0.3, -0.25) is 9.59 Å². The molecule has 5 nitrogen and oxygen atoms in total. The molecule has 0 saturated carbocycles. The van der Waals surface area contributed by atoms with E-state index in [-0.39, 0.29) is 25.2 Å². The lowest BCUT2D eigenvalue weighted by Crippen LogP contribution is -2.28. The summed E-state index contributed by atoms with van der Waals surface area (Å²) in [5.41, 5.74) is 0. The molecule has 5 heteroatoms. The van der Waals surface area contributed by atoms with Crippen molar-refractivity contribution in [3.05, 3.63) is 122 Å². The quantitative estimate of drug-likeness (QED) is 0.0375. The van der Waals surface area contributed by atoms with Gasteiger partial charge in [0.25, 0.3) is 0 Å². The Morgan fingerprint density at radius 1 is 0.375 bits per heavy atom. The standard InChI is InChI=1S/C59H96O5/c1-3-5-7-9-11-13-15-17-19-20-21-22-23-24-25-26-27-28-29-30-31-32-33-34-35-36-37-38-40-42-44-46-48-50-52-54-59(62)64-57(55-60)56-63-58(61)53-51-49-47-45-43-41-39-18-16-14-12-10-8-6-4-2/h5,7,11,13,17-19,21-22,24-25,27-28,30-31,33-34,36-37,39,57,60H,3-4,6,8-10,12,14-16,20,23,26,29,32,35,38,40-56H2,1-2H3/b7-5-,13-11-,19-17-,22-21-,25-24-,28-27-,31-30-,34-33-,37-36-,39-18-. The molecule has 0 aromatic heterocycles. The lowest BCUT2D eigenvalue weighted by atomic mass is 10.1. The number of carbonyl (C=O) groups is 2. The van der Waals surface area contributed by atoms with Crippen LogP contribution in [0.25, 0.3) is 0 Å². The number of aliphatic hydroxyl groups excluding tert-OH is 1.